The minimum atomic E-state index is -4.05. The number of allylic oxidation sites excluding steroid dienone is 12. The first-order valence-corrected chi connectivity index (χ1v) is 14.0. The molecular formula is C24H38NO4PS. The van der Waals surface area contributed by atoms with Crippen LogP contribution in [0.15, 0.2) is 72.9 Å². The maximum atomic E-state index is 11.6. The van der Waals surface area contributed by atoms with Crippen LogP contribution in [0.5, 0.6) is 0 Å². The van der Waals surface area contributed by atoms with Gasteiger partial charge in [-0.15, -0.1) is 0 Å². The van der Waals surface area contributed by atoms with Gasteiger partial charge in [-0.05, 0) is 56.3 Å². The summed E-state index contributed by atoms with van der Waals surface area (Å²) in [6, 6.07) is 0. The maximum absolute atomic E-state index is 11.6. The van der Waals surface area contributed by atoms with Gasteiger partial charge in [0.15, 0.2) is 0 Å². The zero-order chi connectivity index (χ0) is 23.0. The van der Waals surface area contributed by atoms with Crippen LogP contribution in [0.4, 0.5) is 0 Å². The van der Waals surface area contributed by atoms with Crippen molar-refractivity contribution in [3.63, 3.8) is 0 Å². The quantitative estimate of drug-likeness (QED) is 0.123. The third-order valence-corrected chi connectivity index (χ3v) is 6.10. The summed E-state index contributed by atoms with van der Waals surface area (Å²) in [6.45, 7) is -1.64. The highest BCUT2D eigenvalue weighted by atomic mass is 32.7. The van der Waals surface area contributed by atoms with Crippen molar-refractivity contribution in [3.05, 3.63) is 72.9 Å². The maximum Gasteiger partial charge on any atom is 0.384 e. The van der Waals surface area contributed by atoms with E-state index in [0.29, 0.717) is 24.2 Å². The lowest BCUT2D eigenvalue weighted by Gasteiger charge is -2.04. The number of nitrogens with one attached hydrogen (secondary N) is 1. The SMILES string of the molecule is CC/C=C\C/C=C\C/C=C\C/C=C\C/C=C\C/C=C\CCC(=O)NCCSP(=O)(O)O. The minimum absolute atomic E-state index is 0.106. The highest BCUT2D eigenvalue weighted by molar-refractivity contribution is 8.54. The molecule has 0 aromatic rings. The van der Waals surface area contributed by atoms with Gasteiger partial charge in [-0.2, -0.15) is 0 Å². The normalized spacial score (nSPS) is 13.3. The van der Waals surface area contributed by atoms with Gasteiger partial charge in [-0.1, -0.05) is 79.8 Å². The molecule has 0 aromatic carbocycles. The summed E-state index contributed by atoms with van der Waals surface area (Å²) in [5.74, 6) is 0.0986. The number of amides is 1. The fraction of sp³-hybridized carbons (Fsp3) is 0.458. The van der Waals surface area contributed by atoms with Crippen molar-refractivity contribution in [2.75, 3.05) is 12.3 Å². The monoisotopic (exact) mass is 467 g/mol. The number of carbonyl (C=O) groups is 1. The molecule has 0 heterocycles. The number of rotatable bonds is 18. The van der Waals surface area contributed by atoms with Gasteiger partial charge >= 0.3 is 6.80 Å². The van der Waals surface area contributed by atoms with Gasteiger partial charge in [0.05, 0.1) is 0 Å². The molecule has 0 aliphatic rings. The first-order chi connectivity index (χ1) is 15.0. The smallest absolute Gasteiger partial charge is 0.355 e. The highest BCUT2D eigenvalue weighted by Crippen LogP contribution is 2.49. The van der Waals surface area contributed by atoms with Crippen LogP contribution >= 0.6 is 18.2 Å². The average molecular weight is 468 g/mol. The fourth-order valence-corrected chi connectivity index (χ4v) is 3.72. The molecule has 5 nitrogen and oxygen atoms in total. The second-order valence-corrected chi connectivity index (χ2v) is 10.5. The predicted molar refractivity (Wildman–Crippen MR) is 135 cm³/mol. The summed E-state index contributed by atoms with van der Waals surface area (Å²) in [6.07, 6.45) is 32.5. The van der Waals surface area contributed by atoms with Crippen LogP contribution < -0.4 is 5.32 Å². The molecule has 1 amide bonds. The van der Waals surface area contributed by atoms with E-state index in [9.17, 15) is 9.36 Å². The van der Waals surface area contributed by atoms with E-state index in [2.05, 4.69) is 73.0 Å². The van der Waals surface area contributed by atoms with Crippen LogP contribution in [-0.4, -0.2) is 28.0 Å². The van der Waals surface area contributed by atoms with Gasteiger partial charge in [0.2, 0.25) is 5.91 Å². The second-order valence-electron chi connectivity index (χ2n) is 6.63. The van der Waals surface area contributed by atoms with Crippen molar-refractivity contribution in [1.29, 1.82) is 0 Å². The van der Waals surface area contributed by atoms with Crippen molar-refractivity contribution in [3.8, 4) is 0 Å². The van der Waals surface area contributed by atoms with Crippen LogP contribution in [0.1, 0.15) is 58.3 Å². The molecule has 0 aliphatic carbocycles. The molecule has 0 aliphatic heterocycles. The third kappa shape index (κ3) is 26.4. The van der Waals surface area contributed by atoms with E-state index in [1.54, 1.807) is 0 Å². The minimum Gasteiger partial charge on any atom is -0.355 e. The molecule has 174 valence electrons. The van der Waals surface area contributed by atoms with E-state index in [4.69, 9.17) is 9.79 Å². The number of hydrogen-bond donors (Lipinski definition) is 3. The van der Waals surface area contributed by atoms with E-state index in [0.717, 1.165) is 38.5 Å². The van der Waals surface area contributed by atoms with Crippen molar-refractivity contribution >= 4 is 24.1 Å². The molecule has 7 heteroatoms. The molecule has 0 saturated heterocycles. The molecule has 0 fully saturated rings. The van der Waals surface area contributed by atoms with Crippen LogP contribution in [0, 0.1) is 0 Å². The van der Waals surface area contributed by atoms with Gasteiger partial charge in [-0.25, -0.2) is 4.57 Å². The molecule has 31 heavy (non-hydrogen) atoms. The lowest BCUT2D eigenvalue weighted by atomic mass is 10.2. The summed E-state index contributed by atoms with van der Waals surface area (Å²) >= 11 is 0.545. The average Bonchev–Trinajstić information content (AvgIpc) is 2.72. The Kier molecular flexibility index (Phi) is 20.5. The lowest BCUT2D eigenvalue weighted by Crippen LogP contribution is -2.25. The highest BCUT2D eigenvalue weighted by Gasteiger charge is 2.12. The van der Waals surface area contributed by atoms with E-state index in [1.807, 2.05) is 12.2 Å². The fourth-order valence-electron chi connectivity index (χ4n) is 2.30. The predicted octanol–water partition coefficient (Wildman–Crippen LogP) is 6.41. The van der Waals surface area contributed by atoms with Crippen LogP contribution in [0.3, 0.4) is 0 Å². The zero-order valence-corrected chi connectivity index (χ0v) is 20.3. The molecular weight excluding hydrogens is 429 g/mol. The summed E-state index contributed by atoms with van der Waals surface area (Å²) in [5, 5.41) is 2.64. The van der Waals surface area contributed by atoms with Crippen LogP contribution in [-0.2, 0) is 9.36 Å². The molecule has 0 atom stereocenters. The van der Waals surface area contributed by atoms with E-state index < -0.39 is 6.80 Å². The summed E-state index contributed by atoms with van der Waals surface area (Å²) in [4.78, 5) is 29.0. The van der Waals surface area contributed by atoms with Gasteiger partial charge in [-0.3, -0.25) is 4.79 Å². The Labute approximate surface area is 192 Å². The van der Waals surface area contributed by atoms with Gasteiger partial charge in [0.1, 0.15) is 0 Å². The van der Waals surface area contributed by atoms with E-state index in [-0.39, 0.29) is 18.2 Å². The third-order valence-electron chi connectivity index (χ3n) is 3.82. The molecule has 3 N–H and O–H groups in total. The molecule has 0 radical (unpaired) electrons. The standard InChI is InChI=1S/C24H38NO4PS/c1-2-3-4-5-6-7-8-9-10-11-12-13-14-15-16-17-18-19-20-21-24(26)25-22-23-31-30(27,28)29/h3-4,6-7,9-10,12-13,15-16,18-19H,2,5,8,11,14,17,20-23H2,1H3,(H,25,26)(H2,27,28,29)/b4-3-,7-6-,10-9-,13-12-,16-15-,19-18-. The lowest BCUT2D eigenvalue weighted by molar-refractivity contribution is -0.120. The molecule has 0 rings (SSSR count). The molecule has 0 spiro atoms. The molecule has 0 unspecified atom stereocenters. The molecule has 0 aromatic heterocycles. The molecule has 0 bridgehead atoms. The summed E-state index contributed by atoms with van der Waals surface area (Å²) < 4.78 is 10.7. The summed E-state index contributed by atoms with van der Waals surface area (Å²) in [5.41, 5.74) is 0. The van der Waals surface area contributed by atoms with Crippen LogP contribution in [0.25, 0.3) is 0 Å². The first-order valence-electron chi connectivity index (χ1n) is 10.8. The Balaban J connectivity index is 3.59. The Morgan fingerprint density at radius 3 is 1.61 bits per heavy atom. The first kappa shape index (κ1) is 29.4. The number of carbonyl (C=O) groups excluding carboxylic acids is 1. The van der Waals surface area contributed by atoms with Crippen molar-refractivity contribution in [2.45, 2.75) is 58.3 Å². The molecule has 0 saturated carbocycles. The van der Waals surface area contributed by atoms with Crippen molar-refractivity contribution in [2.24, 2.45) is 0 Å². The van der Waals surface area contributed by atoms with Gasteiger partial charge in [0.25, 0.3) is 0 Å². The Morgan fingerprint density at radius 1 is 0.774 bits per heavy atom. The van der Waals surface area contributed by atoms with Gasteiger partial charge < -0.3 is 15.1 Å². The topological polar surface area (TPSA) is 86.6 Å². The van der Waals surface area contributed by atoms with E-state index >= 15 is 0 Å². The summed E-state index contributed by atoms with van der Waals surface area (Å²) in [7, 11) is 0. The second kappa shape index (κ2) is 21.6. The zero-order valence-electron chi connectivity index (χ0n) is 18.6. The largest absolute Gasteiger partial charge is 0.384 e. The Hall–Kier alpha value is -1.59. The number of hydrogen-bond acceptors (Lipinski definition) is 3. The van der Waals surface area contributed by atoms with Crippen molar-refractivity contribution in [1.82, 2.24) is 5.32 Å². The van der Waals surface area contributed by atoms with Gasteiger partial charge in [0, 0.05) is 18.7 Å². The van der Waals surface area contributed by atoms with E-state index in [1.165, 1.54) is 0 Å². The Morgan fingerprint density at radius 2 is 1.19 bits per heavy atom. The van der Waals surface area contributed by atoms with Crippen molar-refractivity contribution < 1.29 is 19.1 Å². The Bertz CT molecular complexity index is 675. The van der Waals surface area contributed by atoms with Crippen LogP contribution in [0.2, 0.25) is 0 Å².